The lowest BCUT2D eigenvalue weighted by molar-refractivity contribution is 0.532. The van der Waals surface area contributed by atoms with E-state index < -0.39 is 0 Å². The lowest BCUT2D eigenvalue weighted by Gasteiger charge is -2.21. The Labute approximate surface area is 75.3 Å². The van der Waals surface area contributed by atoms with Gasteiger partial charge in [0.1, 0.15) is 0 Å². The molecule has 0 spiro atoms. The van der Waals surface area contributed by atoms with Crippen molar-refractivity contribution in [2.75, 3.05) is 18.8 Å². The first kappa shape index (κ1) is 11.3. The predicted molar refractivity (Wildman–Crippen MR) is 55.4 cm³/mol. The third-order valence-electron chi connectivity index (χ3n) is 1.69. The number of thioether (sulfide) groups is 1. The van der Waals surface area contributed by atoms with Gasteiger partial charge in [-0.1, -0.05) is 20.8 Å². The number of piperidine rings is 1. The molecule has 68 valence electrons. The van der Waals surface area contributed by atoms with Gasteiger partial charge in [0.2, 0.25) is 0 Å². The van der Waals surface area contributed by atoms with Crippen molar-refractivity contribution in [2.24, 2.45) is 0 Å². The molecule has 1 aliphatic rings. The molecule has 0 bridgehead atoms. The molecular weight excluding hydrogens is 154 g/mol. The Morgan fingerprint density at radius 1 is 1.27 bits per heavy atom. The number of hydrogen-bond donors (Lipinski definition) is 1. The molecule has 0 aromatic heterocycles. The van der Waals surface area contributed by atoms with Gasteiger partial charge in [0.25, 0.3) is 0 Å². The Kier molecular flexibility index (Phi) is 8.64. The fourth-order valence-electron chi connectivity index (χ4n) is 1.20. The van der Waals surface area contributed by atoms with Crippen LogP contribution in [0.15, 0.2) is 0 Å². The largest absolute Gasteiger partial charge is 0.317 e. The first-order valence-corrected chi connectivity index (χ1v) is 5.80. The smallest absolute Gasteiger partial charge is 0.00710 e. The third kappa shape index (κ3) is 5.57. The van der Waals surface area contributed by atoms with Crippen molar-refractivity contribution in [3.63, 3.8) is 0 Å². The summed E-state index contributed by atoms with van der Waals surface area (Å²) in [4.78, 5) is 0. The van der Waals surface area contributed by atoms with Crippen LogP contribution in [0.5, 0.6) is 0 Å². The van der Waals surface area contributed by atoms with Crippen molar-refractivity contribution in [3.8, 4) is 0 Å². The van der Waals surface area contributed by atoms with Crippen LogP contribution in [-0.4, -0.2) is 24.1 Å². The standard InChI is InChI=1S/C7H15NS.C2H6/c1-2-9-7-3-5-8-6-4-7;1-2/h7-8H,2-6H2,1H3;1-2H3. The minimum Gasteiger partial charge on any atom is -0.317 e. The topological polar surface area (TPSA) is 12.0 Å². The fourth-order valence-corrected chi connectivity index (χ4v) is 2.24. The maximum Gasteiger partial charge on any atom is 0.00710 e. The van der Waals surface area contributed by atoms with Crippen molar-refractivity contribution < 1.29 is 0 Å². The zero-order chi connectivity index (χ0) is 8.53. The molecule has 0 saturated carbocycles. The fraction of sp³-hybridized carbons (Fsp3) is 1.00. The summed E-state index contributed by atoms with van der Waals surface area (Å²) < 4.78 is 0. The molecular formula is C9H21NS. The van der Waals surface area contributed by atoms with E-state index in [0.717, 1.165) is 5.25 Å². The SMILES string of the molecule is CC.CCSC1CCNCC1. The zero-order valence-corrected chi connectivity index (χ0v) is 8.84. The lowest BCUT2D eigenvalue weighted by atomic mass is 10.2. The minimum atomic E-state index is 0.955. The van der Waals surface area contributed by atoms with Crippen molar-refractivity contribution in [1.29, 1.82) is 0 Å². The summed E-state index contributed by atoms with van der Waals surface area (Å²) in [6.45, 7) is 8.71. The van der Waals surface area contributed by atoms with Crippen molar-refractivity contribution in [3.05, 3.63) is 0 Å². The molecule has 0 unspecified atom stereocenters. The molecule has 1 heterocycles. The summed E-state index contributed by atoms with van der Waals surface area (Å²) in [6.07, 6.45) is 2.75. The summed E-state index contributed by atoms with van der Waals surface area (Å²) >= 11 is 2.11. The van der Waals surface area contributed by atoms with E-state index in [1.165, 1.54) is 31.7 Å². The second kappa shape index (κ2) is 8.41. The maximum atomic E-state index is 3.36. The van der Waals surface area contributed by atoms with Crippen molar-refractivity contribution >= 4 is 11.8 Å². The molecule has 2 heteroatoms. The third-order valence-corrected chi connectivity index (χ3v) is 2.96. The maximum absolute atomic E-state index is 3.36. The van der Waals surface area contributed by atoms with E-state index in [0.29, 0.717) is 0 Å². The van der Waals surface area contributed by atoms with Crippen LogP contribution in [0.4, 0.5) is 0 Å². The van der Waals surface area contributed by atoms with E-state index in [2.05, 4.69) is 24.0 Å². The van der Waals surface area contributed by atoms with Gasteiger partial charge in [-0.3, -0.25) is 0 Å². The van der Waals surface area contributed by atoms with Gasteiger partial charge >= 0.3 is 0 Å². The second-order valence-electron chi connectivity index (χ2n) is 2.40. The van der Waals surface area contributed by atoms with Crippen LogP contribution in [-0.2, 0) is 0 Å². The van der Waals surface area contributed by atoms with E-state index in [4.69, 9.17) is 0 Å². The molecule has 11 heavy (non-hydrogen) atoms. The van der Waals surface area contributed by atoms with Gasteiger partial charge < -0.3 is 5.32 Å². The second-order valence-corrected chi connectivity index (χ2v) is 3.98. The van der Waals surface area contributed by atoms with E-state index in [-0.39, 0.29) is 0 Å². The average Bonchev–Trinajstić information content (AvgIpc) is 2.11. The van der Waals surface area contributed by atoms with Crippen LogP contribution in [0.1, 0.15) is 33.6 Å². The van der Waals surface area contributed by atoms with E-state index in [1.807, 2.05) is 13.8 Å². The van der Waals surface area contributed by atoms with Gasteiger partial charge in [-0.05, 0) is 31.7 Å². The van der Waals surface area contributed by atoms with Gasteiger partial charge in [0, 0.05) is 5.25 Å². The molecule has 0 aromatic carbocycles. The first-order chi connectivity index (χ1) is 5.43. The Hall–Kier alpha value is 0.310. The van der Waals surface area contributed by atoms with E-state index >= 15 is 0 Å². The van der Waals surface area contributed by atoms with E-state index in [9.17, 15) is 0 Å². The molecule has 0 amide bonds. The highest BCUT2D eigenvalue weighted by molar-refractivity contribution is 7.99. The highest BCUT2D eigenvalue weighted by Gasteiger charge is 2.10. The van der Waals surface area contributed by atoms with Crippen LogP contribution in [0.2, 0.25) is 0 Å². The van der Waals surface area contributed by atoms with Gasteiger partial charge in [0.15, 0.2) is 0 Å². The van der Waals surface area contributed by atoms with Crippen LogP contribution in [0, 0.1) is 0 Å². The van der Waals surface area contributed by atoms with Crippen LogP contribution < -0.4 is 5.32 Å². The summed E-state index contributed by atoms with van der Waals surface area (Å²) in [6, 6.07) is 0. The predicted octanol–water partition coefficient (Wildman–Crippen LogP) is 2.52. The Morgan fingerprint density at radius 2 is 1.82 bits per heavy atom. The summed E-state index contributed by atoms with van der Waals surface area (Å²) in [7, 11) is 0. The van der Waals surface area contributed by atoms with Gasteiger partial charge in [-0.15, -0.1) is 0 Å². The average molecular weight is 175 g/mol. The first-order valence-electron chi connectivity index (χ1n) is 4.76. The molecule has 1 fully saturated rings. The molecule has 0 aromatic rings. The van der Waals surface area contributed by atoms with Crippen LogP contribution in [0.25, 0.3) is 0 Å². The summed E-state index contributed by atoms with van der Waals surface area (Å²) in [5.74, 6) is 1.28. The van der Waals surface area contributed by atoms with Gasteiger partial charge in [0.05, 0.1) is 0 Å². The highest BCUT2D eigenvalue weighted by atomic mass is 32.2. The molecule has 0 radical (unpaired) electrons. The summed E-state index contributed by atoms with van der Waals surface area (Å²) in [5, 5.41) is 4.31. The zero-order valence-electron chi connectivity index (χ0n) is 8.02. The molecule has 0 atom stereocenters. The van der Waals surface area contributed by atoms with Crippen LogP contribution >= 0.6 is 11.8 Å². The number of nitrogens with one attached hydrogen (secondary N) is 1. The molecule has 1 rings (SSSR count). The summed E-state index contributed by atoms with van der Waals surface area (Å²) in [5.41, 5.74) is 0. The Bertz CT molecular complexity index is 67.2. The van der Waals surface area contributed by atoms with Gasteiger partial charge in [-0.25, -0.2) is 0 Å². The van der Waals surface area contributed by atoms with Crippen LogP contribution in [0.3, 0.4) is 0 Å². The monoisotopic (exact) mass is 175 g/mol. The number of rotatable bonds is 2. The minimum absolute atomic E-state index is 0.955. The Morgan fingerprint density at radius 3 is 2.27 bits per heavy atom. The normalized spacial score (nSPS) is 18.8. The number of hydrogen-bond acceptors (Lipinski definition) is 2. The van der Waals surface area contributed by atoms with E-state index in [1.54, 1.807) is 0 Å². The van der Waals surface area contributed by atoms with Crippen molar-refractivity contribution in [2.45, 2.75) is 38.9 Å². The molecule has 1 N–H and O–H groups in total. The Balaban J connectivity index is 0.000000461. The molecule has 1 aliphatic heterocycles. The quantitative estimate of drug-likeness (QED) is 0.692. The molecule has 1 saturated heterocycles. The van der Waals surface area contributed by atoms with Gasteiger partial charge in [-0.2, -0.15) is 11.8 Å². The van der Waals surface area contributed by atoms with Crippen molar-refractivity contribution in [1.82, 2.24) is 5.32 Å². The molecule has 0 aliphatic carbocycles. The molecule has 1 nitrogen and oxygen atoms in total. The highest BCUT2D eigenvalue weighted by Crippen LogP contribution is 2.18. The lowest BCUT2D eigenvalue weighted by Crippen LogP contribution is -2.29.